The van der Waals surface area contributed by atoms with Crippen LogP contribution >= 0.6 is 15.9 Å². The zero-order valence-electron chi connectivity index (χ0n) is 15.0. The standard InChI is InChI=1S/C21H19BrN2O3S/c22-20-11-12-21(27-15-17-7-3-1-4-8-17)19(13-20)14-23-24-28(25,26)16-18-9-5-2-6-10-18/h1-14,24H,15-16H2/b23-14+. The van der Waals surface area contributed by atoms with Crippen LogP contribution in [0.5, 0.6) is 5.75 Å². The number of rotatable bonds is 8. The van der Waals surface area contributed by atoms with Crippen LogP contribution in [0.3, 0.4) is 0 Å². The summed E-state index contributed by atoms with van der Waals surface area (Å²) < 4.78 is 31.1. The van der Waals surface area contributed by atoms with E-state index in [1.165, 1.54) is 6.21 Å². The van der Waals surface area contributed by atoms with Crippen molar-refractivity contribution in [3.63, 3.8) is 0 Å². The van der Waals surface area contributed by atoms with Gasteiger partial charge in [-0.15, -0.1) is 0 Å². The van der Waals surface area contributed by atoms with Gasteiger partial charge in [-0.05, 0) is 29.3 Å². The molecule has 0 heterocycles. The normalized spacial score (nSPS) is 11.5. The summed E-state index contributed by atoms with van der Waals surface area (Å²) in [6.45, 7) is 0.406. The Morgan fingerprint density at radius 3 is 2.25 bits per heavy atom. The molecule has 0 aromatic heterocycles. The molecule has 3 rings (SSSR count). The molecule has 0 radical (unpaired) electrons. The average molecular weight is 459 g/mol. The number of nitrogens with zero attached hydrogens (tertiary/aromatic N) is 1. The molecule has 1 N–H and O–H groups in total. The monoisotopic (exact) mass is 458 g/mol. The SMILES string of the molecule is O=S(=O)(Cc1ccccc1)N/N=C/c1cc(Br)ccc1OCc1ccccc1. The first-order valence-electron chi connectivity index (χ1n) is 8.54. The van der Waals surface area contributed by atoms with Crippen molar-refractivity contribution in [1.82, 2.24) is 4.83 Å². The molecule has 0 aliphatic carbocycles. The van der Waals surface area contributed by atoms with Crippen molar-refractivity contribution in [2.24, 2.45) is 5.10 Å². The lowest BCUT2D eigenvalue weighted by atomic mass is 10.2. The molecule has 144 valence electrons. The summed E-state index contributed by atoms with van der Waals surface area (Å²) in [6.07, 6.45) is 1.44. The Kier molecular flexibility index (Phi) is 6.84. The Morgan fingerprint density at radius 1 is 0.929 bits per heavy atom. The molecule has 0 spiro atoms. The van der Waals surface area contributed by atoms with Crippen molar-refractivity contribution in [3.8, 4) is 5.75 Å². The van der Waals surface area contributed by atoms with Crippen molar-refractivity contribution in [1.29, 1.82) is 0 Å². The molecule has 7 heteroatoms. The van der Waals surface area contributed by atoms with Gasteiger partial charge in [0.25, 0.3) is 10.0 Å². The highest BCUT2D eigenvalue weighted by atomic mass is 79.9. The lowest BCUT2D eigenvalue weighted by Crippen LogP contribution is -2.20. The highest BCUT2D eigenvalue weighted by molar-refractivity contribution is 9.10. The second-order valence-corrected chi connectivity index (χ2v) is 8.67. The number of halogens is 1. The van der Waals surface area contributed by atoms with Crippen molar-refractivity contribution < 1.29 is 13.2 Å². The molecule has 0 atom stereocenters. The maximum atomic E-state index is 12.2. The summed E-state index contributed by atoms with van der Waals surface area (Å²) in [5, 5.41) is 3.90. The summed E-state index contributed by atoms with van der Waals surface area (Å²) in [7, 11) is -3.58. The fraction of sp³-hybridized carbons (Fsp3) is 0.0952. The first-order valence-corrected chi connectivity index (χ1v) is 11.0. The topological polar surface area (TPSA) is 67.8 Å². The quantitative estimate of drug-likeness (QED) is 0.399. The van der Waals surface area contributed by atoms with Gasteiger partial charge in [-0.1, -0.05) is 76.6 Å². The van der Waals surface area contributed by atoms with Crippen LogP contribution in [0.2, 0.25) is 0 Å². The lowest BCUT2D eigenvalue weighted by Gasteiger charge is -2.10. The molecule has 0 bridgehead atoms. The molecule has 3 aromatic rings. The molecule has 0 fully saturated rings. The third-order valence-corrected chi connectivity index (χ3v) is 5.39. The van der Waals surface area contributed by atoms with Gasteiger partial charge in [0.2, 0.25) is 0 Å². The van der Waals surface area contributed by atoms with Crippen LogP contribution in [0, 0.1) is 0 Å². The Balaban J connectivity index is 1.68. The first-order chi connectivity index (χ1) is 13.5. The number of hydrazone groups is 1. The van der Waals surface area contributed by atoms with Crippen LogP contribution in [0.15, 0.2) is 88.4 Å². The summed E-state index contributed by atoms with van der Waals surface area (Å²) in [4.78, 5) is 2.25. The van der Waals surface area contributed by atoms with Gasteiger partial charge in [0, 0.05) is 10.0 Å². The van der Waals surface area contributed by atoms with Gasteiger partial charge in [-0.25, -0.2) is 13.2 Å². The average Bonchev–Trinajstić information content (AvgIpc) is 2.68. The third kappa shape index (κ3) is 6.21. The summed E-state index contributed by atoms with van der Waals surface area (Å²) in [5.41, 5.74) is 2.39. The molecule has 28 heavy (non-hydrogen) atoms. The van der Waals surface area contributed by atoms with Gasteiger partial charge in [0.05, 0.1) is 12.0 Å². The molecule has 0 saturated carbocycles. The van der Waals surface area contributed by atoms with E-state index in [1.54, 1.807) is 24.3 Å². The van der Waals surface area contributed by atoms with Crippen molar-refractivity contribution in [2.75, 3.05) is 0 Å². The Hall–Kier alpha value is -2.64. The molecule has 0 aliphatic heterocycles. The first kappa shape index (κ1) is 20.1. The fourth-order valence-electron chi connectivity index (χ4n) is 2.49. The molecule has 0 saturated heterocycles. The molecule has 0 amide bonds. The van der Waals surface area contributed by atoms with Gasteiger partial charge in [-0.3, -0.25) is 0 Å². The maximum Gasteiger partial charge on any atom is 0.251 e. The smallest absolute Gasteiger partial charge is 0.251 e. The lowest BCUT2D eigenvalue weighted by molar-refractivity contribution is 0.305. The van der Waals surface area contributed by atoms with E-state index in [4.69, 9.17) is 4.74 Å². The summed E-state index contributed by atoms with van der Waals surface area (Å²) in [5.74, 6) is 0.471. The fourth-order valence-corrected chi connectivity index (χ4v) is 3.78. The van der Waals surface area contributed by atoms with Crippen molar-refractivity contribution in [2.45, 2.75) is 12.4 Å². The van der Waals surface area contributed by atoms with E-state index in [2.05, 4.69) is 25.9 Å². The summed E-state index contributed by atoms with van der Waals surface area (Å²) in [6, 6.07) is 24.2. The minimum Gasteiger partial charge on any atom is -0.488 e. The minimum absolute atomic E-state index is 0.138. The van der Waals surface area contributed by atoms with Gasteiger partial charge >= 0.3 is 0 Å². The predicted octanol–water partition coefficient (Wildman–Crippen LogP) is 4.48. The second kappa shape index (κ2) is 9.52. The van der Waals surface area contributed by atoms with E-state index in [1.807, 2.05) is 54.6 Å². The second-order valence-electron chi connectivity index (χ2n) is 6.05. The molecule has 5 nitrogen and oxygen atoms in total. The van der Waals surface area contributed by atoms with Crippen LogP contribution in [0.1, 0.15) is 16.7 Å². The van der Waals surface area contributed by atoms with E-state index in [0.29, 0.717) is 23.5 Å². The number of benzene rings is 3. The van der Waals surface area contributed by atoms with Crippen molar-refractivity contribution >= 4 is 32.2 Å². The van der Waals surface area contributed by atoms with E-state index in [-0.39, 0.29) is 5.75 Å². The van der Waals surface area contributed by atoms with Crippen LogP contribution in [0.4, 0.5) is 0 Å². The van der Waals surface area contributed by atoms with Crippen LogP contribution < -0.4 is 9.57 Å². The number of ether oxygens (including phenoxy) is 1. The van der Waals surface area contributed by atoms with E-state index in [0.717, 1.165) is 10.0 Å². The maximum absolute atomic E-state index is 12.2. The highest BCUT2D eigenvalue weighted by Gasteiger charge is 2.10. The third-order valence-electron chi connectivity index (χ3n) is 3.80. The molecule has 0 unspecified atom stereocenters. The van der Waals surface area contributed by atoms with E-state index >= 15 is 0 Å². The van der Waals surface area contributed by atoms with Gasteiger partial charge in [0.1, 0.15) is 12.4 Å². The number of hydrogen-bond donors (Lipinski definition) is 1. The number of nitrogens with one attached hydrogen (secondary N) is 1. The Labute approximate surface area is 173 Å². The van der Waals surface area contributed by atoms with Crippen molar-refractivity contribution in [3.05, 3.63) is 100 Å². The van der Waals surface area contributed by atoms with Crippen LogP contribution in [-0.4, -0.2) is 14.6 Å². The Morgan fingerprint density at radius 2 is 1.57 bits per heavy atom. The zero-order valence-corrected chi connectivity index (χ0v) is 17.4. The number of hydrogen-bond acceptors (Lipinski definition) is 4. The number of sulfonamides is 1. The largest absolute Gasteiger partial charge is 0.488 e. The van der Waals surface area contributed by atoms with Gasteiger partial charge in [-0.2, -0.15) is 5.10 Å². The molecule has 0 aliphatic rings. The van der Waals surface area contributed by atoms with Gasteiger partial charge in [0.15, 0.2) is 0 Å². The van der Waals surface area contributed by atoms with E-state index in [9.17, 15) is 8.42 Å². The van der Waals surface area contributed by atoms with Gasteiger partial charge < -0.3 is 4.74 Å². The highest BCUT2D eigenvalue weighted by Crippen LogP contribution is 2.23. The zero-order chi connectivity index (χ0) is 19.8. The Bertz CT molecular complexity index is 1040. The predicted molar refractivity (Wildman–Crippen MR) is 115 cm³/mol. The molecule has 3 aromatic carbocycles. The minimum atomic E-state index is -3.58. The van der Waals surface area contributed by atoms with Crippen LogP contribution in [0.25, 0.3) is 0 Å². The van der Waals surface area contributed by atoms with Crippen LogP contribution in [-0.2, 0) is 22.4 Å². The van der Waals surface area contributed by atoms with E-state index < -0.39 is 10.0 Å². The molecular weight excluding hydrogens is 440 g/mol. The summed E-state index contributed by atoms with van der Waals surface area (Å²) >= 11 is 3.41. The molecular formula is C21H19BrN2O3S.